The number of benzene rings is 1. The van der Waals surface area contributed by atoms with E-state index in [1.807, 2.05) is 0 Å². The summed E-state index contributed by atoms with van der Waals surface area (Å²) in [5, 5.41) is 11.6. The van der Waals surface area contributed by atoms with Gasteiger partial charge in [0.2, 0.25) is 0 Å². The summed E-state index contributed by atoms with van der Waals surface area (Å²) in [5.41, 5.74) is 1.68. The van der Waals surface area contributed by atoms with Crippen LogP contribution in [0.2, 0.25) is 0 Å². The Labute approximate surface area is 113 Å². The molecule has 2 heterocycles. The van der Waals surface area contributed by atoms with Gasteiger partial charge < -0.3 is 15.0 Å². The monoisotopic (exact) mass is 273 g/mol. The second kappa shape index (κ2) is 5.22. The van der Waals surface area contributed by atoms with Gasteiger partial charge in [-0.1, -0.05) is 18.2 Å². The quantitative estimate of drug-likeness (QED) is 0.702. The Morgan fingerprint density at radius 3 is 2.85 bits per heavy atom. The minimum atomic E-state index is -0.267. The molecular formula is C13H12FN5O. The van der Waals surface area contributed by atoms with Gasteiger partial charge in [0, 0.05) is 5.56 Å². The van der Waals surface area contributed by atoms with Gasteiger partial charge in [0.25, 0.3) is 0 Å². The number of rotatable bonds is 4. The van der Waals surface area contributed by atoms with Gasteiger partial charge in [-0.15, -0.1) is 0 Å². The summed E-state index contributed by atoms with van der Waals surface area (Å²) in [5.74, 6) is 0.182. The first-order valence-corrected chi connectivity index (χ1v) is 6.03. The number of hydrogen-bond acceptors (Lipinski definition) is 5. The lowest BCUT2D eigenvalue weighted by Gasteiger charge is -2.06. The molecule has 3 rings (SSSR count). The smallest absolute Gasteiger partial charge is 0.165 e. The van der Waals surface area contributed by atoms with Crippen molar-refractivity contribution in [3.63, 3.8) is 0 Å². The van der Waals surface area contributed by atoms with E-state index in [0.717, 1.165) is 0 Å². The van der Waals surface area contributed by atoms with Crippen molar-refractivity contribution in [3.05, 3.63) is 48.3 Å². The fraction of sp³-hybridized carbons (Fsp3) is 0.154. The van der Waals surface area contributed by atoms with E-state index in [9.17, 15) is 4.39 Å². The van der Waals surface area contributed by atoms with Crippen LogP contribution in [0.15, 0.2) is 36.9 Å². The highest BCUT2D eigenvalue weighted by atomic mass is 19.1. The maximum Gasteiger partial charge on any atom is 0.165 e. The highest BCUT2D eigenvalue weighted by Gasteiger charge is 2.11. The Hall–Kier alpha value is -2.54. The molecule has 2 aromatic heterocycles. The standard InChI is InChI=1S/C13H12FN5O/c14-10-4-2-1-3-9(10)5-19-7-17-11-12(18-8-20)15-6-16-13(11)19/h1-4,6-7,20H,5,8H2,(H,15,16,18). The number of aliphatic hydroxyl groups excluding tert-OH is 1. The molecule has 7 heteroatoms. The lowest BCUT2D eigenvalue weighted by molar-refractivity contribution is 0.325. The van der Waals surface area contributed by atoms with Gasteiger partial charge in [-0.2, -0.15) is 0 Å². The molecule has 0 aliphatic carbocycles. The zero-order chi connectivity index (χ0) is 13.9. The van der Waals surface area contributed by atoms with Gasteiger partial charge in [-0.05, 0) is 6.07 Å². The Morgan fingerprint density at radius 1 is 1.20 bits per heavy atom. The summed E-state index contributed by atoms with van der Waals surface area (Å²) in [6, 6.07) is 6.57. The van der Waals surface area contributed by atoms with Crippen LogP contribution in [-0.4, -0.2) is 31.4 Å². The highest BCUT2D eigenvalue weighted by Crippen LogP contribution is 2.18. The van der Waals surface area contributed by atoms with Gasteiger partial charge in [-0.25, -0.2) is 19.3 Å². The topological polar surface area (TPSA) is 75.9 Å². The third-order valence-electron chi connectivity index (χ3n) is 2.95. The number of hydrogen-bond donors (Lipinski definition) is 2. The predicted molar refractivity (Wildman–Crippen MR) is 71.5 cm³/mol. The van der Waals surface area contributed by atoms with E-state index < -0.39 is 0 Å². The fourth-order valence-electron chi connectivity index (χ4n) is 2.01. The number of halogens is 1. The molecule has 0 unspecified atom stereocenters. The Kier molecular flexibility index (Phi) is 3.26. The summed E-state index contributed by atoms with van der Waals surface area (Å²) < 4.78 is 15.4. The first-order valence-electron chi connectivity index (χ1n) is 6.03. The molecule has 2 N–H and O–H groups in total. The van der Waals surface area contributed by atoms with Crippen LogP contribution in [0.25, 0.3) is 11.2 Å². The Bertz CT molecular complexity index is 742. The Morgan fingerprint density at radius 2 is 2.05 bits per heavy atom. The van der Waals surface area contributed by atoms with Gasteiger partial charge in [-0.3, -0.25) is 0 Å². The molecule has 0 spiro atoms. The highest BCUT2D eigenvalue weighted by molar-refractivity contribution is 5.82. The first kappa shape index (κ1) is 12.5. The molecule has 102 valence electrons. The minimum absolute atomic E-state index is 0.244. The van der Waals surface area contributed by atoms with Crippen LogP contribution in [-0.2, 0) is 6.54 Å². The van der Waals surface area contributed by atoms with Crippen molar-refractivity contribution in [2.24, 2.45) is 0 Å². The van der Waals surface area contributed by atoms with Crippen molar-refractivity contribution in [2.45, 2.75) is 6.54 Å². The number of fused-ring (bicyclic) bond motifs is 1. The van der Waals surface area contributed by atoms with Crippen molar-refractivity contribution in [1.29, 1.82) is 0 Å². The van der Waals surface area contributed by atoms with E-state index in [1.165, 1.54) is 12.4 Å². The second-order valence-electron chi connectivity index (χ2n) is 4.19. The molecular weight excluding hydrogens is 261 g/mol. The number of nitrogens with one attached hydrogen (secondary N) is 1. The summed E-state index contributed by atoms with van der Waals surface area (Å²) in [6.07, 6.45) is 2.95. The van der Waals surface area contributed by atoms with Crippen molar-refractivity contribution in [2.75, 3.05) is 12.0 Å². The number of aromatic nitrogens is 4. The molecule has 6 nitrogen and oxygen atoms in total. The molecule has 0 bridgehead atoms. The average molecular weight is 273 g/mol. The summed E-state index contributed by atoms with van der Waals surface area (Å²) in [7, 11) is 0. The predicted octanol–water partition coefficient (Wildman–Crippen LogP) is 1.38. The molecule has 0 radical (unpaired) electrons. The van der Waals surface area contributed by atoms with Gasteiger partial charge in [0.15, 0.2) is 11.5 Å². The molecule has 0 saturated carbocycles. The Balaban J connectivity index is 2.01. The van der Waals surface area contributed by atoms with Crippen LogP contribution in [0, 0.1) is 5.82 Å². The van der Waals surface area contributed by atoms with Crippen molar-refractivity contribution < 1.29 is 9.50 Å². The van der Waals surface area contributed by atoms with Gasteiger partial charge in [0.1, 0.15) is 24.4 Å². The van der Waals surface area contributed by atoms with Crippen LogP contribution in [0.5, 0.6) is 0 Å². The van der Waals surface area contributed by atoms with E-state index in [-0.39, 0.29) is 12.5 Å². The van der Waals surface area contributed by atoms with Crippen molar-refractivity contribution >= 4 is 17.0 Å². The lowest BCUT2D eigenvalue weighted by Crippen LogP contribution is -2.04. The molecule has 20 heavy (non-hydrogen) atoms. The van der Waals surface area contributed by atoms with Crippen LogP contribution in [0.4, 0.5) is 10.2 Å². The second-order valence-corrected chi connectivity index (χ2v) is 4.19. The van der Waals surface area contributed by atoms with Crippen LogP contribution in [0.1, 0.15) is 5.56 Å². The molecule has 0 fully saturated rings. The van der Waals surface area contributed by atoms with Crippen LogP contribution in [0.3, 0.4) is 0 Å². The number of anilines is 1. The number of aliphatic hydroxyl groups is 1. The molecule has 3 aromatic rings. The largest absolute Gasteiger partial charge is 0.377 e. The first-order chi connectivity index (χ1) is 9.79. The van der Waals surface area contributed by atoms with E-state index in [0.29, 0.717) is 29.1 Å². The van der Waals surface area contributed by atoms with Crippen LogP contribution < -0.4 is 5.32 Å². The zero-order valence-corrected chi connectivity index (χ0v) is 10.5. The number of imidazole rings is 1. The third kappa shape index (κ3) is 2.19. The maximum absolute atomic E-state index is 13.7. The van der Waals surface area contributed by atoms with Gasteiger partial charge >= 0.3 is 0 Å². The van der Waals surface area contributed by atoms with Crippen LogP contribution >= 0.6 is 0 Å². The lowest BCUT2D eigenvalue weighted by atomic mass is 10.2. The zero-order valence-electron chi connectivity index (χ0n) is 10.5. The SMILES string of the molecule is OCNc1ncnc2c1ncn2Cc1ccccc1F. The summed E-state index contributed by atoms with van der Waals surface area (Å²) in [6.45, 7) is 0.0883. The van der Waals surface area contributed by atoms with E-state index >= 15 is 0 Å². The normalized spacial score (nSPS) is 10.9. The molecule has 1 aromatic carbocycles. The van der Waals surface area contributed by atoms with Gasteiger partial charge in [0.05, 0.1) is 12.9 Å². The molecule has 0 atom stereocenters. The van der Waals surface area contributed by atoms with Crippen molar-refractivity contribution in [3.8, 4) is 0 Å². The summed E-state index contributed by atoms with van der Waals surface area (Å²) >= 11 is 0. The molecule has 0 aliphatic heterocycles. The molecule has 0 amide bonds. The van der Waals surface area contributed by atoms with E-state index in [4.69, 9.17) is 5.11 Å². The van der Waals surface area contributed by atoms with E-state index in [1.54, 1.807) is 29.1 Å². The third-order valence-corrected chi connectivity index (χ3v) is 2.95. The van der Waals surface area contributed by atoms with Crippen molar-refractivity contribution in [1.82, 2.24) is 19.5 Å². The number of nitrogens with zero attached hydrogens (tertiary/aromatic N) is 4. The molecule has 0 saturated heterocycles. The molecule has 0 aliphatic rings. The summed E-state index contributed by atoms with van der Waals surface area (Å²) in [4.78, 5) is 12.4. The average Bonchev–Trinajstić information content (AvgIpc) is 2.86. The van der Waals surface area contributed by atoms with E-state index in [2.05, 4.69) is 20.3 Å². The maximum atomic E-state index is 13.7. The fourth-order valence-corrected chi connectivity index (χ4v) is 2.01. The minimum Gasteiger partial charge on any atom is -0.377 e.